The number of carbonyl (C=O) groups excluding carboxylic acids is 1. The SMILES string of the molecule is CC(C)CCNC(=O)NCCc1cnn(-c2ccccc2)c1. The average Bonchev–Trinajstić information content (AvgIpc) is 2.97. The molecule has 5 nitrogen and oxygen atoms in total. The molecule has 0 bridgehead atoms. The Morgan fingerprint density at radius 2 is 1.91 bits per heavy atom. The summed E-state index contributed by atoms with van der Waals surface area (Å²) in [5.74, 6) is 0.601. The number of amides is 2. The largest absolute Gasteiger partial charge is 0.338 e. The van der Waals surface area contributed by atoms with Gasteiger partial charge in [-0.2, -0.15) is 5.10 Å². The van der Waals surface area contributed by atoms with E-state index in [-0.39, 0.29) is 6.03 Å². The summed E-state index contributed by atoms with van der Waals surface area (Å²) in [5.41, 5.74) is 2.14. The molecular formula is C17H24N4O. The molecule has 0 unspecified atom stereocenters. The van der Waals surface area contributed by atoms with Crippen molar-refractivity contribution in [3.63, 3.8) is 0 Å². The highest BCUT2D eigenvalue weighted by atomic mass is 16.2. The Morgan fingerprint density at radius 1 is 1.18 bits per heavy atom. The molecule has 0 saturated carbocycles. The summed E-state index contributed by atoms with van der Waals surface area (Å²) >= 11 is 0. The van der Waals surface area contributed by atoms with E-state index in [4.69, 9.17) is 0 Å². The zero-order chi connectivity index (χ0) is 15.8. The molecule has 2 rings (SSSR count). The summed E-state index contributed by atoms with van der Waals surface area (Å²) in [5, 5.41) is 10.1. The molecule has 0 fully saturated rings. The molecule has 2 N–H and O–H groups in total. The van der Waals surface area contributed by atoms with Crippen LogP contribution >= 0.6 is 0 Å². The van der Waals surface area contributed by atoms with Crippen molar-refractivity contribution in [1.29, 1.82) is 0 Å². The van der Waals surface area contributed by atoms with Crippen molar-refractivity contribution in [2.75, 3.05) is 13.1 Å². The first kappa shape index (κ1) is 16.1. The van der Waals surface area contributed by atoms with Gasteiger partial charge in [-0.25, -0.2) is 9.48 Å². The van der Waals surface area contributed by atoms with Crippen LogP contribution in [0.4, 0.5) is 4.79 Å². The fraction of sp³-hybridized carbons (Fsp3) is 0.412. The summed E-state index contributed by atoms with van der Waals surface area (Å²) in [6, 6.07) is 9.87. The lowest BCUT2D eigenvalue weighted by molar-refractivity contribution is 0.240. The van der Waals surface area contributed by atoms with Crippen molar-refractivity contribution < 1.29 is 4.79 Å². The van der Waals surface area contributed by atoms with Crippen LogP contribution in [0.1, 0.15) is 25.8 Å². The number of urea groups is 1. The number of rotatable bonds is 7. The number of nitrogens with one attached hydrogen (secondary N) is 2. The maximum absolute atomic E-state index is 11.6. The van der Waals surface area contributed by atoms with Crippen molar-refractivity contribution in [2.45, 2.75) is 26.7 Å². The quantitative estimate of drug-likeness (QED) is 0.826. The zero-order valence-corrected chi connectivity index (χ0v) is 13.2. The van der Waals surface area contributed by atoms with Gasteiger partial charge in [0.05, 0.1) is 11.9 Å². The molecule has 0 spiro atoms. The zero-order valence-electron chi connectivity index (χ0n) is 13.2. The molecule has 0 atom stereocenters. The van der Waals surface area contributed by atoms with Crippen LogP contribution < -0.4 is 10.6 Å². The van der Waals surface area contributed by atoms with Crippen molar-refractivity contribution in [1.82, 2.24) is 20.4 Å². The third kappa shape index (κ3) is 5.24. The molecule has 0 aliphatic rings. The topological polar surface area (TPSA) is 59.0 Å². The van der Waals surface area contributed by atoms with Gasteiger partial charge in [0, 0.05) is 19.3 Å². The average molecular weight is 300 g/mol. The standard InChI is InChI=1S/C17H24N4O/c1-14(2)8-10-18-17(22)19-11-9-15-12-20-21(13-15)16-6-4-3-5-7-16/h3-7,12-14H,8-11H2,1-2H3,(H2,18,19,22). The summed E-state index contributed by atoms with van der Waals surface area (Å²) in [7, 11) is 0. The molecule has 1 heterocycles. The van der Waals surface area contributed by atoms with Crippen LogP contribution in [0.5, 0.6) is 0 Å². The summed E-state index contributed by atoms with van der Waals surface area (Å²) in [4.78, 5) is 11.6. The number of carbonyl (C=O) groups is 1. The number of nitrogens with zero attached hydrogens (tertiary/aromatic N) is 2. The molecule has 2 amide bonds. The van der Waals surface area contributed by atoms with E-state index < -0.39 is 0 Å². The van der Waals surface area contributed by atoms with E-state index in [0.29, 0.717) is 12.5 Å². The predicted octanol–water partition coefficient (Wildman–Crippen LogP) is 2.76. The van der Waals surface area contributed by atoms with Crippen molar-refractivity contribution >= 4 is 6.03 Å². The lowest BCUT2D eigenvalue weighted by atomic mass is 10.1. The van der Waals surface area contributed by atoms with E-state index in [1.807, 2.05) is 47.4 Å². The van der Waals surface area contributed by atoms with E-state index >= 15 is 0 Å². The van der Waals surface area contributed by atoms with E-state index in [1.165, 1.54) is 0 Å². The smallest absolute Gasteiger partial charge is 0.314 e. The fourth-order valence-corrected chi connectivity index (χ4v) is 2.07. The molecule has 1 aromatic heterocycles. The molecule has 0 radical (unpaired) electrons. The predicted molar refractivity (Wildman–Crippen MR) is 88.1 cm³/mol. The Balaban J connectivity index is 1.72. The molecule has 1 aromatic carbocycles. The number of para-hydroxylation sites is 1. The van der Waals surface area contributed by atoms with Gasteiger partial charge in [0.25, 0.3) is 0 Å². The van der Waals surface area contributed by atoms with Gasteiger partial charge in [0.15, 0.2) is 0 Å². The van der Waals surface area contributed by atoms with Crippen molar-refractivity contribution in [3.05, 3.63) is 48.3 Å². The molecule has 0 saturated heterocycles. The Kier molecular flexibility index (Phi) is 6.01. The number of benzene rings is 1. The highest BCUT2D eigenvalue weighted by Crippen LogP contribution is 2.07. The van der Waals surface area contributed by atoms with Crippen LogP contribution in [0.15, 0.2) is 42.7 Å². The molecule has 0 aliphatic carbocycles. The Bertz CT molecular complexity index is 577. The Labute approximate surface area is 131 Å². The third-order valence-electron chi connectivity index (χ3n) is 3.36. The van der Waals surface area contributed by atoms with Crippen molar-refractivity contribution in [3.8, 4) is 5.69 Å². The van der Waals surface area contributed by atoms with Gasteiger partial charge < -0.3 is 10.6 Å². The third-order valence-corrected chi connectivity index (χ3v) is 3.36. The number of hydrogen-bond acceptors (Lipinski definition) is 2. The van der Waals surface area contributed by atoms with Gasteiger partial charge in [0.2, 0.25) is 0 Å². The molecule has 118 valence electrons. The van der Waals surface area contributed by atoms with Crippen LogP contribution in [-0.2, 0) is 6.42 Å². The van der Waals surface area contributed by atoms with E-state index in [2.05, 4.69) is 29.6 Å². The summed E-state index contributed by atoms with van der Waals surface area (Å²) < 4.78 is 1.85. The van der Waals surface area contributed by atoms with Gasteiger partial charge in [-0.1, -0.05) is 32.0 Å². The van der Waals surface area contributed by atoms with Crippen LogP contribution in [0.25, 0.3) is 5.69 Å². The van der Waals surface area contributed by atoms with Gasteiger partial charge in [-0.3, -0.25) is 0 Å². The van der Waals surface area contributed by atoms with Gasteiger partial charge in [-0.15, -0.1) is 0 Å². The second kappa shape index (κ2) is 8.22. The van der Waals surface area contributed by atoms with Crippen LogP contribution in [0.2, 0.25) is 0 Å². The van der Waals surface area contributed by atoms with Gasteiger partial charge in [-0.05, 0) is 36.5 Å². The summed E-state index contributed by atoms with van der Waals surface area (Å²) in [6.45, 7) is 5.61. The van der Waals surface area contributed by atoms with Crippen LogP contribution in [-0.4, -0.2) is 28.9 Å². The van der Waals surface area contributed by atoms with Gasteiger partial charge >= 0.3 is 6.03 Å². The maximum atomic E-state index is 11.6. The lowest BCUT2D eigenvalue weighted by Crippen LogP contribution is -2.37. The number of aromatic nitrogens is 2. The second-order valence-corrected chi connectivity index (χ2v) is 5.74. The number of hydrogen-bond donors (Lipinski definition) is 2. The van der Waals surface area contributed by atoms with E-state index in [0.717, 1.165) is 30.6 Å². The second-order valence-electron chi connectivity index (χ2n) is 5.74. The summed E-state index contributed by atoms with van der Waals surface area (Å²) in [6.07, 6.45) is 5.60. The van der Waals surface area contributed by atoms with Gasteiger partial charge in [0.1, 0.15) is 0 Å². The Morgan fingerprint density at radius 3 is 2.64 bits per heavy atom. The highest BCUT2D eigenvalue weighted by molar-refractivity contribution is 5.73. The highest BCUT2D eigenvalue weighted by Gasteiger charge is 2.03. The molecule has 2 aromatic rings. The first-order valence-corrected chi connectivity index (χ1v) is 7.76. The minimum atomic E-state index is -0.101. The van der Waals surface area contributed by atoms with Crippen LogP contribution in [0.3, 0.4) is 0 Å². The normalized spacial score (nSPS) is 10.7. The Hall–Kier alpha value is -2.30. The minimum absolute atomic E-state index is 0.101. The van der Waals surface area contributed by atoms with E-state index in [1.54, 1.807) is 0 Å². The first-order valence-electron chi connectivity index (χ1n) is 7.76. The molecular weight excluding hydrogens is 276 g/mol. The van der Waals surface area contributed by atoms with Crippen LogP contribution in [0, 0.1) is 5.92 Å². The van der Waals surface area contributed by atoms with E-state index in [9.17, 15) is 4.79 Å². The lowest BCUT2D eigenvalue weighted by Gasteiger charge is -2.08. The fourth-order valence-electron chi connectivity index (χ4n) is 2.07. The first-order chi connectivity index (χ1) is 10.6. The monoisotopic (exact) mass is 300 g/mol. The van der Waals surface area contributed by atoms with Crippen molar-refractivity contribution in [2.24, 2.45) is 5.92 Å². The molecule has 5 heteroatoms. The molecule has 0 aliphatic heterocycles. The minimum Gasteiger partial charge on any atom is -0.338 e. The molecule has 22 heavy (non-hydrogen) atoms. The maximum Gasteiger partial charge on any atom is 0.314 e.